The summed E-state index contributed by atoms with van der Waals surface area (Å²) in [5.41, 5.74) is 3.41. The molecule has 3 aromatic rings. The number of aliphatic hydroxyl groups excluding tert-OH is 2. The van der Waals surface area contributed by atoms with E-state index >= 15 is 0 Å². The molecule has 37 heavy (non-hydrogen) atoms. The van der Waals surface area contributed by atoms with E-state index in [4.69, 9.17) is 5.11 Å². The van der Waals surface area contributed by atoms with Gasteiger partial charge in [0.25, 0.3) is 0 Å². The van der Waals surface area contributed by atoms with Crippen molar-refractivity contribution in [3.05, 3.63) is 107 Å². The number of likely N-dealkylation sites (tertiary alicyclic amines) is 1. The van der Waals surface area contributed by atoms with Crippen LogP contribution in [-0.2, 0) is 11.0 Å². The van der Waals surface area contributed by atoms with Gasteiger partial charge in [-0.05, 0) is 78.9 Å². The predicted octanol–water partition coefficient (Wildman–Crippen LogP) is 6.05. The number of benzene rings is 3. The molecule has 1 saturated heterocycles. The van der Waals surface area contributed by atoms with E-state index in [-0.39, 0.29) is 11.3 Å². The summed E-state index contributed by atoms with van der Waals surface area (Å²) >= 11 is 0. The molecule has 4 nitrogen and oxygen atoms in total. The molecule has 1 aliphatic heterocycles. The van der Waals surface area contributed by atoms with E-state index in [9.17, 15) is 10.2 Å². The van der Waals surface area contributed by atoms with E-state index in [0.717, 1.165) is 69.1 Å². The molecule has 0 aliphatic carbocycles. The number of rotatable bonds is 8. The first kappa shape index (κ1) is 29.1. The molecule has 4 heteroatoms. The molecule has 1 fully saturated rings. The molecule has 1 atom stereocenters. The van der Waals surface area contributed by atoms with Gasteiger partial charge < -0.3 is 20.2 Å². The van der Waals surface area contributed by atoms with Gasteiger partial charge in [0.2, 0.25) is 0 Å². The molecule has 3 N–H and O–H groups in total. The summed E-state index contributed by atoms with van der Waals surface area (Å²) in [6.45, 7) is 9.57. The van der Waals surface area contributed by atoms with E-state index < -0.39 is 11.7 Å². The lowest BCUT2D eigenvalue weighted by molar-refractivity contribution is -0.0146. The van der Waals surface area contributed by atoms with Gasteiger partial charge in [-0.3, -0.25) is 0 Å². The minimum atomic E-state index is -0.968. The zero-order valence-electron chi connectivity index (χ0n) is 23.0. The molecule has 0 amide bonds. The summed E-state index contributed by atoms with van der Waals surface area (Å²) in [4.78, 5) is 2.49. The number of aliphatic hydroxyl groups is 3. The maximum atomic E-state index is 12.1. The highest BCUT2D eigenvalue weighted by atomic mass is 16.3. The van der Waals surface area contributed by atoms with Crippen molar-refractivity contribution in [2.75, 3.05) is 26.7 Å². The summed E-state index contributed by atoms with van der Waals surface area (Å²) in [5, 5.41) is 29.8. The average molecular weight is 504 g/mol. The van der Waals surface area contributed by atoms with Crippen LogP contribution in [0.15, 0.2) is 84.9 Å². The normalized spacial score (nSPS) is 16.1. The molecular formula is C33H45NO3. The summed E-state index contributed by atoms with van der Waals surface area (Å²) in [6.07, 6.45) is 3.23. The molecule has 4 rings (SSSR count). The van der Waals surface area contributed by atoms with Crippen molar-refractivity contribution in [3.63, 3.8) is 0 Å². The van der Waals surface area contributed by atoms with Crippen LogP contribution in [0.2, 0.25) is 0 Å². The maximum absolute atomic E-state index is 12.1. The molecule has 0 spiro atoms. The summed E-state index contributed by atoms with van der Waals surface area (Å²) < 4.78 is 0. The van der Waals surface area contributed by atoms with Crippen molar-refractivity contribution in [1.29, 1.82) is 0 Å². The van der Waals surface area contributed by atoms with Gasteiger partial charge in [0.15, 0.2) is 0 Å². The van der Waals surface area contributed by atoms with Crippen LogP contribution >= 0.6 is 0 Å². The van der Waals surface area contributed by atoms with E-state index in [1.807, 2.05) is 36.4 Å². The molecule has 1 heterocycles. The Hall–Kier alpha value is -2.50. The Morgan fingerprint density at radius 1 is 0.757 bits per heavy atom. The first-order chi connectivity index (χ1) is 17.8. The Labute approximate surface area is 223 Å². The minimum absolute atomic E-state index is 0.128. The van der Waals surface area contributed by atoms with Gasteiger partial charge >= 0.3 is 0 Å². The Morgan fingerprint density at radius 2 is 1.24 bits per heavy atom. The Balaban J connectivity index is 0.00000186. The van der Waals surface area contributed by atoms with Gasteiger partial charge in [-0.25, -0.2) is 0 Å². The topological polar surface area (TPSA) is 63.9 Å². The summed E-state index contributed by atoms with van der Waals surface area (Å²) in [6, 6.07) is 28.7. The first-order valence-electron chi connectivity index (χ1n) is 13.6. The Kier molecular flexibility index (Phi) is 10.5. The zero-order valence-corrected chi connectivity index (χ0v) is 23.0. The molecule has 0 saturated carbocycles. The Bertz CT molecular complexity index is 997. The second-order valence-corrected chi connectivity index (χ2v) is 11.1. The van der Waals surface area contributed by atoms with Gasteiger partial charge in [0.05, 0.1) is 6.10 Å². The van der Waals surface area contributed by atoms with Gasteiger partial charge in [-0.1, -0.05) is 106 Å². The van der Waals surface area contributed by atoms with Crippen molar-refractivity contribution < 1.29 is 15.3 Å². The maximum Gasteiger partial charge on any atom is 0.117 e. The standard InChI is InChI=1S/C32H41NO2.CH4O/c1-31(2,3)26-18-16-25(17-19-26)30(34)15-10-22-33-23-20-29(21-24-33)32(35,27-11-6-4-7-12-27)28-13-8-5-9-14-28;1-2/h4-9,11-14,16-19,29-30,34-35H,10,15,20-24H2,1-3H3;2H,1H3. The van der Waals surface area contributed by atoms with Gasteiger partial charge in [0.1, 0.15) is 5.60 Å². The van der Waals surface area contributed by atoms with Crippen LogP contribution in [0.4, 0.5) is 0 Å². The summed E-state index contributed by atoms with van der Waals surface area (Å²) in [7, 11) is 1.00. The van der Waals surface area contributed by atoms with Crippen molar-refractivity contribution in [2.45, 2.75) is 63.6 Å². The van der Waals surface area contributed by atoms with Crippen LogP contribution < -0.4 is 0 Å². The van der Waals surface area contributed by atoms with Crippen LogP contribution in [0.1, 0.15) is 74.8 Å². The number of hydrogen-bond donors (Lipinski definition) is 3. The van der Waals surface area contributed by atoms with Crippen molar-refractivity contribution in [2.24, 2.45) is 5.92 Å². The average Bonchev–Trinajstić information content (AvgIpc) is 2.94. The molecule has 0 radical (unpaired) electrons. The molecular weight excluding hydrogens is 458 g/mol. The van der Waals surface area contributed by atoms with Crippen molar-refractivity contribution >= 4 is 0 Å². The highest BCUT2D eigenvalue weighted by Gasteiger charge is 2.41. The van der Waals surface area contributed by atoms with Crippen LogP contribution in [0.3, 0.4) is 0 Å². The molecule has 0 bridgehead atoms. The van der Waals surface area contributed by atoms with Gasteiger partial charge in [0, 0.05) is 7.11 Å². The third-order valence-corrected chi connectivity index (χ3v) is 7.72. The fourth-order valence-electron chi connectivity index (χ4n) is 5.48. The molecule has 200 valence electrons. The minimum Gasteiger partial charge on any atom is -0.400 e. The van der Waals surface area contributed by atoms with Gasteiger partial charge in [-0.2, -0.15) is 0 Å². The lowest BCUT2D eigenvalue weighted by atomic mass is 9.72. The molecule has 0 aromatic heterocycles. The third kappa shape index (κ3) is 7.30. The lowest BCUT2D eigenvalue weighted by Gasteiger charge is -2.42. The molecule has 3 aromatic carbocycles. The van der Waals surface area contributed by atoms with Crippen LogP contribution in [-0.4, -0.2) is 47.0 Å². The van der Waals surface area contributed by atoms with Crippen molar-refractivity contribution in [3.8, 4) is 0 Å². The first-order valence-corrected chi connectivity index (χ1v) is 13.6. The van der Waals surface area contributed by atoms with Gasteiger partial charge in [-0.15, -0.1) is 0 Å². The third-order valence-electron chi connectivity index (χ3n) is 7.72. The molecule has 1 unspecified atom stereocenters. The smallest absolute Gasteiger partial charge is 0.117 e. The number of piperidine rings is 1. The fourth-order valence-corrected chi connectivity index (χ4v) is 5.48. The monoisotopic (exact) mass is 503 g/mol. The second kappa shape index (κ2) is 13.3. The Morgan fingerprint density at radius 3 is 1.70 bits per heavy atom. The predicted molar refractivity (Wildman–Crippen MR) is 153 cm³/mol. The molecule has 1 aliphatic rings. The van der Waals surface area contributed by atoms with Crippen molar-refractivity contribution in [1.82, 2.24) is 4.90 Å². The van der Waals surface area contributed by atoms with E-state index in [1.165, 1.54) is 5.56 Å². The quantitative estimate of drug-likeness (QED) is 0.350. The van der Waals surface area contributed by atoms with Crippen LogP contribution in [0.5, 0.6) is 0 Å². The zero-order chi connectivity index (χ0) is 26.9. The lowest BCUT2D eigenvalue weighted by Crippen LogP contribution is -2.44. The van der Waals surface area contributed by atoms with E-state index in [2.05, 4.69) is 74.2 Å². The summed E-state index contributed by atoms with van der Waals surface area (Å²) in [5.74, 6) is 0.176. The second-order valence-electron chi connectivity index (χ2n) is 11.1. The van der Waals surface area contributed by atoms with E-state index in [1.54, 1.807) is 0 Å². The SMILES string of the molecule is CC(C)(C)c1ccc(C(O)CCCN2CCC(C(O)(c3ccccc3)c3ccccc3)CC2)cc1.CO. The van der Waals surface area contributed by atoms with E-state index in [0.29, 0.717) is 0 Å². The van der Waals surface area contributed by atoms with Crippen LogP contribution in [0.25, 0.3) is 0 Å². The highest BCUT2D eigenvalue weighted by molar-refractivity contribution is 5.37. The number of hydrogen-bond acceptors (Lipinski definition) is 4. The highest BCUT2D eigenvalue weighted by Crippen LogP contribution is 2.42. The number of nitrogens with zero attached hydrogens (tertiary/aromatic N) is 1. The van der Waals surface area contributed by atoms with Crippen LogP contribution in [0, 0.1) is 5.92 Å². The fraction of sp³-hybridized carbons (Fsp3) is 0.455. The largest absolute Gasteiger partial charge is 0.400 e.